The van der Waals surface area contributed by atoms with E-state index in [1.807, 2.05) is 18.2 Å². The predicted molar refractivity (Wildman–Crippen MR) is 157 cm³/mol. The van der Waals surface area contributed by atoms with Gasteiger partial charge in [0.05, 0.1) is 18.4 Å². The van der Waals surface area contributed by atoms with E-state index in [-0.39, 0.29) is 18.1 Å². The molecule has 0 spiro atoms. The Kier molecular flexibility index (Phi) is 12.0. The molecule has 0 unspecified atom stereocenters. The van der Waals surface area contributed by atoms with Crippen LogP contribution in [-0.2, 0) is 21.3 Å². The second-order valence-electron chi connectivity index (χ2n) is 10.5. The molecule has 1 heterocycles. The minimum absolute atomic E-state index is 0.0462. The van der Waals surface area contributed by atoms with Crippen molar-refractivity contribution in [2.75, 3.05) is 32.5 Å². The Labute approximate surface area is 233 Å². The lowest BCUT2D eigenvalue weighted by Crippen LogP contribution is -2.40. The first-order valence-electron chi connectivity index (χ1n) is 14.1. The van der Waals surface area contributed by atoms with Gasteiger partial charge in [-0.15, -0.1) is 0 Å². The first-order valence-corrected chi connectivity index (χ1v) is 15.7. The number of rotatable bonds is 15. The van der Waals surface area contributed by atoms with Gasteiger partial charge in [0.2, 0.25) is 10.0 Å². The lowest BCUT2D eigenvalue weighted by atomic mass is 9.97. The highest BCUT2D eigenvalue weighted by atomic mass is 32.2. The smallest absolute Gasteiger partial charge is 0.337 e. The van der Waals surface area contributed by atoms with Crippen molar-refractivity contribution in [3.8, 4) is 11.1 Å². The molecule has 0 atom stereocenters. The second-order valence-corrected chi connectivity index (χ2v) is 12.6. The summed E-state index contributed by atoms with van der Waals surface area (Å²) in [6.07, 6.45) is 7.99. The summed E-state index contributed by atoms with van der Waals surface area (Å²) < 4.78 is 33.9. The molecular formula is C30H44N4O4S. The fourth-order valence-corrected chi connectivity index (χ4v) is 6.69. The SMILES string of the molecule is CCCCCCCCS(=O)(=O)N(Cc1cc(C(=O)OC)cc(-c2cccc(C(=N)N)c2)c1)CC1CCNCC1. The van der Waals surface area contributed by atoms with Crippen molar-refractivity contribution < 1.29 is 17.9 Å². The lowest BCUT2D eigenvalue weighted by molar-refractivity contribution is 0.0600. The van der Waals surface area contributed by atoms with Gasteiger partial charge in [0.1, 0.15) is 5.84 Å². The number of nitrogens with zero attached hydrogens (tertiary/aromatic N) is 1. The number of ether oxygens (including phenoxy) is 1. The molecule has 4 N–H and O–H groups in total. The van der Waals surface area contributed by atoms with Crippen molar-refractivity contribution in [1.82, 2.24) is 9.62 Å². The molecule has 0 radical (unpaired) electrons. The molecule has 1 saturated heterocycles. The zero-order valence-electron chi connectivity index (χ0n) is 23.4. The Morgan fingerprint density at radius 3 is 2.41 bits per heavy atom. The van der Waals surface area contributed by atoms with Gasteiger partial charge in [-0.25, -0.2) is 13.2 Å². The van der Waals surface area contributed by atoms with Gasteiger partial charge >= 0.3 is 5.97 Å². The topological polar surface area (TPSA) is 126 Å². The van der Waals surface area contributed by atoms with Crippen molar-refractivity contribution in [2.24, 2.45) is 11.7 Å². The molecule has 0 aliphatic carbocycles. The maximum absolute atomic E-state index is 13.6. The first-order chi connectivity index (χ1) is 18.7. The summed E-state index contributed by atoms with van der Waals surface area (Å²) in [7, 11) is -2.16. The molecule has 1 fully saturated rings. The number of nitrogens with one attached hydrogen (secondary N) is 2. The largest absolute Gasteiger partial charge is 0.465 e. The van der Waals surface area contributed by atoms with Gasteiger partial charge in [-0.3, -0.25) is 5.41 Å². The maximum atomic E-state index is 13.6. The Balaban J connectivity index is 1.90. The van der Waals surface area contributed by atoms with E-state index < -0.39 is 16.0 Å². The highest BCUT2D eigenvalue weighted by Gasteiger charge is 2.27. The van der Waals surface area contributed by atoms with Crippen LogP contribution in [0.5, 0.6) is 0 Å². The van der Waals surface area contributed by atoms with E-state index >= 15 is 0 Å². The predicted octanol–water partition coefficient (Wildman–Crippen LogP) is 4.92. The van der Waals surface area contributed by atoms with Crippen LogP contribution in [0.1, 0.15) is 79.8 Å². The van der Waals surface area contributed by atoms with Crippen molar-refractivity contribution in [3.05, 3.63) is 59.2 Å². The van der Waals surface area contributed by atoms with E-state index in [0.29, 0.717) is 30.0 Å². The van der Waals surface area contributed by atoms with E-state index in [1.165, 1.54) is 13.5 Å². The van der Waals surface area contributed by atoms with E-state index in [1.54, 1.807) is 28.6 Å². The Morgan fingerprint density at radius 1 is 1.03 bits per heavy atom. The summed E-state index contributed by atoms with van der Waals surface area (Å²) in [6.45, 7) is 4.61. The van der Waals surface area contributed by atoms with Gasteiger partial charge in [-0.05, 0) is 79.2 Å². The molecule has 8 nitrogen and oxygen atoms in total. The molecule has 0 amide bonds. The van der Waals surface area contributed by atoms with Gasteiger partial charge in [0.15, 0.2) is 0 Å². The number of sulfonamides is 1. The van der Waals surface area contributed by atoms with Crippen molar-refractivity contribution in [1.29, 1.82) is 5.41 Å². The molecule has 39 heavy (non-hydrogen) atoms. The fraction of sp³-hybridized carbons (Fsp3) is 0.533. The number of piperidine rings is 1. The number of amidine groups is 1. The number of methoxy groups -OCH3 is 1. The Hall–Kier alpha value is -2.75. The minimum Gasteiger partial charge on any atom is -0.465 e. The van der Waals surface area contributed by atoms with Crippen molar-refractivity contribution in [3.63, 3.8) is 0 Å². The average molecular weight is 557 g/mol. The van der Waals surface area contributed by atoms with Crippen molar-refractivity contribution in [2.45, 2.75) is 64.8 Å². The first kappa shape index (κ1) is 30.8. The number of carbonyl (C=O) groups is 1. The molecule has 0 bridgehead atoms. The van der Waals surface area contributed by atoms with Crippen LogP contribution >= 0.6 is 0 Å². The van der Waals surface area contributed by atoms with Crippen LogP contribution < -0.4 is 11.1 Å². The number of hydrogen-bond acceptors (Lipinski definition) is 6. The van der Waals surface area contributed by atoms with Crippen LogP contribution in [0.4, 0.5) is 0 Å². The summed E-state index contributed by atoms with van der Waals surface area (Å²) in [6, 6.07) is 12.6. The Morgan fingerprint density at radius 2 is 1.72 bits per heavy atom. The van der Waals surface area contributed by atoms with Crippen LogP contribution in [0.2, 0.25) is 0 Å². The second kappa shape index (κ2) is 15.1. The van der Waals surface area contributed by atoms with Gasteiger partial charge in [-0.2, -0.15) is 4.31 Å². The highest BCUT2D eigenvalue weighted by Crippen LogP contribution is 2.27. The molecule has 214 valence electrons. The van der Waals surface area contributed by atoms with Gasteiger partial charge in [0, 0.05) is 18.7 Å². The quantitative estimate of drug-likeness (QED) is 0.124. The van der Waals surface area contributed by atoms with Gasteiger partial charge in [-0.1, -0.05) is 57.2 Å². The van der Waals surface area contributed by atoms with Crippen molar-refractivity contribution >= 4 is 21.8 Å². The third-order valence-electron chi connectivity index (χ3n) is 7.35. The van der Waals surface area contributed by atoms with E-state index in [4.69, 9.17) is 15.9 Å². The molecular weight excluding hydrogens is 512 g/mol. The molecule has 2 aromatic rings. The zero-order valence-corrected chi connectivity index (χ0v) is 24.2. The van der Waals surface area contributed by atoms with Gasteiger partial charge in [0.25, 0.3) is 0 Å². The fourth-order valence-electron chi connectivity index (χ4n) is 5.08. The zero-order chi connectivity index (χ0) is 28.3. The van der Waals surface area contributed by atoms with Crippen LogP contribution in [-0.4, -0.2) is 57.0 Å². The number of hydrogen-bond donors (Lipinski definition) is 3. The third-order valence-corrected chi connectivity index (χ3v) is 9.22. The number of nitrogen functional groups attached to an aromatic ring is 1. The van der Waals surface area contributed by atoms with Crippen LogP contribution in [0.15, 0.2) is 42.5 Å². The number of esters is 1. The summed E-state index contributed by atoms with van der Waals surface area (Å²) in [5.41, 5.74) is 8.88. The molecule has 1 aliphatic heterocycles. The standard InChI is InChI=1S/C30H44N4O4S/c1-3-4-5-6-7-8-16-39(36,37)34(21-23-12-14-33-15-13-23)22-24-17-27(20-28(18-24)30(35)38-2)25-10-9-11-26(19-25)29(31)32/h9-11,17-20,23,33H,3-8,12-16,21-22H2,1-2H3,(H3,31,32). The number of nitrogens with two attached hydrogens (primary N) is 1. The van der Waals surface area contributed by atoms with E-state index in [9.17, 15) is 13.2 Å². The highest BCUT2D eigenvalue weighted by molar-refractivity contribution is 7.89. The number of unbranched alkanes of at least 4 members (excludes halogenated alkanes) is 5. The monoisotopic (exact) mass is 556 g/mol. The summed E-state index contributed by atoms with van der Waals surface area (Å²) in [5, 5.41) is 11.1. The van der Waals surface area contributed by atoms with Gasteiger partial charge < -0.3 is 15.8 Å². The Bertz CT molecular complexity index is 1210. The molecule has 9 heteroatoms. The molecule has 3 rings (SSSR count). The van der Waals surface area contributed by atoms with Crippen LogP contribution in [0.3, 0.4) is 0 Å². The number of carbonyl (C=O) groups excluding carboxylic acids is 1. The summed E-state index contributed by atoms with van der Waals surface area (Å²) in [5.74, 6) is -0.106. The number of benzene rings is 2. The normalized spacial score (nSPS) is 14.4. The molecule has 2 aromatic carbocycles. The maximum Gasteiger partial charge on any atom is 0.337 e. The average Bonchev–Trinajstić information content (AvgIpc) is 2.94. The third kappa shape index (κ3) is 9.44. The van der Waals surface area contributed by atoms with E-state index in [0.717, 1.165) is 68.3 Å². The summed E-state index contributed by atoms with van der Waals surface area (Å²) >= 11 is 0. The van der Waals surface area contributed by atoms with Crippen LogP contribution in [0, 0.1) is 11.3 Å². The molecule has 1 aliphatic rings. The molecule has 0 saturated carbocycles. The minimum atomic E-state index is -3.49. The lowest BCUT2D eigenvalue weighted by Gasteiger charge is -2.30. The van der Waals surface area contributed by atoms with Crippen LogP contribution in [0.25, 0.3) is 11.1 Å². The summed E-state index contributed by atoms with van der Waals surface area (Å²) in [4.78, 5) is 12.6. The van der Waals surface area contributed by atoms with E-state index in [2.05, 4.69) is 12.2 Å². The molecule has 0 aromatic heterocycles.